The van der Waals surface area contributed by atoms with E-state index >= 15 is 0 Å². The third-order valence-corrected chi connectivity index (χ3v) is 14.1. The molecule has 0 aromatic heterocycles. The summed E-state index contributed by atoms with van der Waals surface area (Å²) in [5.41, 5.74) is 1.04. The topological polar surface area (TPSA) is 0 Å². The fourth-order valence-electron chi connectivity index (χ4n) is 1.36. The van der Waals surface area contributed by atoms with E-state index in [1.165, 1.54) is 0 Å². The van der Waals surface area contributed by atoms with Gasteiger partial charge in [0.25, 0.3) is 0 Å². The summed E-state index contributed by atoms with van der Waals surface area (Å²) in [5.74, 6) is 0. The first-order chi connectivity index (χ1) is 8.36. The molecule has 0 fully saturated rings. The Kier molecular flexibility index (Phi) is 7.79. The van der Waals surface area contributed by atoms with Crippen molar-refractivity contribution in [3.63, 3.8) is 0 Å². The molecule has 0 heterocycles. The molecule has 0 unspecified atom stereocenters. The molecular formula is C10H5Br9. The van der Waals surface area contributed by atoms with Gasteiger partial charge in [-0.1, -0.05) is 174 Å². The number of hydrogen-bond acceptors (Lipinski definition) is 0. The van der Waals surface area contributed by atoms with Crippen molar-refractivity contribution in [2.45, 2.75) is 11.8 Å². The van der Waals surface area contributed by atoms with Crippen molar-refractivity contribution in [3.8, 4) is 0 Å². The van der Waals surface area contributed by atoms with Crippen LogP contribution < -0.4 is 0 Å². The first-order valence-electron chi connectivity index (χ1n) is 4.61. The second kappa shape index (κ2) is 7.19. The number of hydrogen-bond donors (Lipinski definition) is 0. The number of alkyl halides is 9. The largest absolute Gasteiger partial charge is 0.155 e. The van der Waals surface area contributed by atoms with Crippen molar-refractivity contribution in [1.29, 1.82) is 0 Å². The van der Waals surface area contributed by atoms with Gasteiger partial charge in [-0.2, -0.15) is 0 Å². The van der Waals surface area contributed by atoms with Crippen LogP contribution in [-0.4, -0.2) is 8.61 Å². The molecular weight excluding hydrogens is 839 g/mol. The predicted molar refractivity (Wildman–Crippen MR) is 117 cm³/mol. The van der Waals surface area contributed by atoms with Gasteiger partial charge in [-0.3, -0.25) is 0 Å². The Hall–Kier alpha value is 3.54. The summed E-state index contributed by atoms with van der Waals surface area (Å²) in [7, 11) is 0. The van der Waals surface area contributed by atoms with E-state index in [4.69, 9.17) is 0 Å². The third-order valence-electron chi connectivity index (χ3n) is 2.35. The average Bonchev–Trinajstić information content (AvgIpc) is 2.26. The summed E-state index contributed by atoms with van der Waals surface area (Å²) in [5, 5.41) is 0. The van der Waals surface area contributed by atoms with E-state index < -0.39 is 11.8 Å². The highest BCUT2D eigenvalue weighted by Crippen LogP contribution is 2.71. The van der Waals surface area contributed by atoms with E-state index in [0.29, 0.717) is 0 Å². The van der Waals surface area contributed by atoms with E-state index in [1.54, 1.807) is 0 Å². The lowest BCUT2D eigenvalue weighted by Crippen LogP contribution is -2.56. The molecule has 9 heteroatoms. The van der Waals surface area contributed by atoms with Gasteiger partial charge in [-0.05, 0) is 5.56 Å². The van der Waals surface area contributed by atoms with Crippen LogP contribution in [0.5, 0.6) is 0 Å². The summed E-state index contributed by atoms with van der Waals surface area (Å²) in [6.45, 7) is 0. The van der Waals surface area contributed by atoms with E-state index in [2.05, 4.69) is 143 Å². The van der Waals surface area contributed by atoms with Crippen LogP contribution in [-0.2, 0) is 3.23 Å². The predicted octanol–water partition coefficient (Wildman–Crippen LogP) is 8.44. The lowest BCUT2D eigenvalue weighted by molar-refractivity contribution is 0.650. The maximum atomic E-state index is 3.81. The molecule has 108 valence electrons. The second-order valence-electron chi connectivity index (χ2n) is 3.59. The van der Waals surface area contributed by atoms with Crippen molar-refractivity contribution in [1.82, 2.24) is 0 Å². The summed E-state index contributed by atoms with van der Waals surface area (Å²) in [4.78, 5) is 0. The molecule has 0 N–H and O–H groups in total. The molecule has 0 spiro atoms. The quantitative estimate of drug-likeness (QED) is 0.263. The molecule has 1 rings (SSSR count). The summed E-state index contributed by atoms with van der Waals surface area (Å²) >= 11 is 33.0. The molecule has 0 amide bonds. The number of rotatable bonds is 2. The summed E-state index contributed by atoms with van der Waals surface area (Å²) in [6.07, 6.45) is 0. The minimum absolute atomic E-state index is 0.624. The Morgan fingerprint density at radius 1 is 0.579 bits per heavy atom. The molecule has 0 nitrogen and oxygen atoms in total. The minimum Gasteiger partial charge on any atom is -0.0755 e. The highest BCUT2D eigenvalue weighted by atomic mass is 80.0. The molecule has 0 aliphatic carbocycles. The Balaban J connectivity index is 3.51. The van der Waals surface area contributed by atoms with E-state index in [0.717, 1.165) is 5.56 Å². The minimum atomic E-state index is -0.679. The average molecular weight is 844 g/mol. The molecule has 0 atom stereocenters. The normalized spacial score (nSPS) is 14.6. The fraction of sp³-hybridized carbons (Fsp3) is 0.400. The molecule has 1 aromatic carbocycles. The van der Waals surface area contributed by atoms with E-state index in [1.807, 2.05) is 30.3 Å². The fourth-order valence-corrected chi connectivity index (χ4v) is 12.5. The molecule has 19 heavy (non-hydrogen) atoms. The Morgan fingerprint density at radius 3 is 1.26 bits per heavy atom. The van der Waals surface area contributed by atoms with Gasteiger partial charge in [-0.25, -0.2) is 0 Å². The first kappa shape index (κ1) is 20.6. The van der Waals surface area contributed by atoms with Crippen molar-refractivity contribution < 1.29 is 0 Å². The van der Waals surface area contributed by atoms with Crippen molar-refractivity contribution in [2.24, 2.45) is 0 Å². The zero-order valence-electron chi connectivity index (χ0n) is 8.79. The molecule has 0 bridgehead atoms. The van der Waals surface area contributed by atoms with Crippen LogP contribution in [0.2, 0.25) is 0 Å². The van der Waals surface area contributed by atoms with Crippen LogP contribution in [0.4, 0.5) is 0 Å². The lowest BCUT2D eigenvalue weighted by atomic mass is 10.0. The molecule has 0 saturated carbocycles. The van der Waals surface area contributed by atoms with Crippen LogP contribution in [0.15, 0.2) is 30.3 Å². The zero-order chi connectivity index (χ0) is 15.1. The van der Waals surface area contributed by atoms with Crippen LogP contribution in [0, 0.1) is 0 Å². The maximum Gasteiger partial charge on any atom is 0.155 e. The Labute approximate surface area is 188 Å². The molecule has 0 aliphatic heterocycles. The van der Waals surface area contributed by atoms with Crippen molar-refractivity contribution in [2.75, 3.05) is 0 Å². The van der Waals surface area contributed by atoms with Gasteiger partial charge >= 0.3 is 0 Å². The first-order valence-corrected chi connectivity index (χ1v) is 11.7. The number of halogens is 9. The van der Waals surface area contributed by atoms with Gasteiger partial charge in [-0.15, -0.1) is 0 Å². The van der Waals surface area contributed by atoms with Crippen LogP contribution in [0.25, 0.3) is 0 Å². The van der Waals surface area contributed by atoms with Gasteiger partial charge < -0.3 is 0 Å². The monoisotopic (exact) mass is 835 g/mol. The Bertz CT molecular complexity index is 415. The second-order valence-corrected chi connectivity index (χ2v) is 21.7. The van der Waals surface area contributed by atoms with Gasteiger partial charge in [0.1, 0.15) is 7.56 Å². The standard InChI is InChI=1S/C10H5Br9/c11-7(12,6-4-2-1-3-5-6)8(13,9(14,15)16)10(17,18)19/h1-5H. The van der Waals surface area contributed by atoms with E-state index in [9.17, 15) is 0 Å². The van der Waals surface area contributed by atoms with Crippen molar-refractivity contribution >= 4 is 143 Å². The smallest absolute Gasteiger partial charge is 0.0755 e. The van der Waals surface area contributed by atoms with Crippen LogP contribution >= 0.6 is 143 Å². The Morgan fingerprint density at radius 2 is 0.947 bits per heavy atom. The summed E-state index contributed by atoms with van der Waals surface area (Å²) < 4.78 is -2.61. The van der Waals surface area contributed by atoms with Crippen LogP contribution in [0.1, 0.15) is 5.56 Å². The molecule has 0 aliphatic rings. The lowest BCUT2D eigenvalue weighted by Gasteiger charge is -2.49. The maximum absolute atomic E-state index is 3.81. The van der Waals surface area contributed by atoms with Gasteiger partial charge in [0.2, 0.25) is 0 Å². The molecule has 0 saturated heterocycles. The third kappa shape index (κ3) is 4.15. The summed E-state index contributed by atoms with van der Waals surface area (Å²) in [6, 6.07) is 9.99. The SMILES string of the molecule is BrC(Br)(Br)C(Br)(C(Br)(Br)Br)C(Br)(Br)c1ccccc1. The van der Waals surface area contributed by atoms with E-state index in [-0.39, 0.29) is 0 Å². The highest BCUT2D eigenvalue weighted by molar-refractivity contribution is 9.42. The molecule has 1 aromatic rings. The molecule has 0 radical (unpaired) electrons. The van der Waals surface area contributed by atoms with Crippen molar-refractivity contribution in [3.05, 3.63) is 35.9 Å². The van der Waals surface area contributed by atoms with Crippen LogP contribution in [0.3, 0.4) is 0 Å². The highest BCUT2D eigenvalue weighted by Gasteiger charge is 2.67. The van der Waals surface area contributed by atoms with Gasteiger partial charge in [0.15, 0.2) is 4.29 Å². The zero-order valence-corrected chi connectivity index (χ0v) is 23.1. The number of benzene rings is 1. The van der Waals surface area contributed by atoms with Gasteiger partial charge in [0, 0.05) is 0 Å². The van der Waals surface area contributed by atoms with Gasteiger partial charge in [0.05, 0.1) is 0 Å².